The minimum Gasteiger partial charge on any atom is -0.493 e. The zero-order valence-electron chi connectivity index (χ0n) is 22.4. The molecule has 1 atom stereocenters. The van der Waals surface area contributed by atoms with Crippen LogP contribution in [0.4, 0.5) is 0 Å². The van der Waals surface area contributed by atoms with Crippen LogP contribution in [0.5, 0.6) is 5.75 Å². The second-order valence-corrected chi connectivity index (χ2v) is 8.49. The lowest BCUT2D eigenvalue weighted by Gasteiger charge is -2.37. The Morgan fingerprint density at radius 3 is 2.36 bits per heavy atom. The largest absolute Gasteiger partial charge is 0.493 e. The van der Waals surface area contributed by atoms with Crippen LogP contribution >= 0.6 is 17.0 Å². The monoisotopic (exact) mass is 510 g/mol. The van der Waals surface area contributed by atoms with E-state index in [2.05, 4.69) is 0 Å². The number of carbonyl (C=O) groups excluding carboxylic acids is 1. The number of ether oxygens (including phenoxy) is 1. The van der Waals surface area contributed by atoms with Crippen molar-refractivity contribution in [2.24, 2.45) is 11.7 Å². The summed E-state index contributed by atoms with van der Waals surface area (Å²) >= 11 is 0. The van der Waals surface area contributed by atoms with E-state index in [1.807, 2.05) is 60.7 Å². The highest BCUT2D eigenvalue weighted by atomic mass is 79.9. The van der Waals surface area contributed by atoms with Gasteiger partial charge in [0.15, 0.2) is 0 Å². The molecule has 3 aromatic rings. The summed E-state index contributed by atoms with van der Waals surface area (Å²) in [5.41, 5.74) is 7.70. The van der Waals surface area contributed by atoms with Gasteiger partial charge >= 0.3 is 0 Å². The van der Waals surface area contributed by atoms with E-state index < -0.39 is 24.2 Å². The van der Waals surface area contributed by atoms with Gasteiger partial charge in [-0.1, -0.05) is 72.8 Å². The first-order chi connectivity index (χ1) is 17.2. The van der Waals surface area contributed by atoms with Crippen molar-refractivity contribution in [1.82, 2.24) is 4.90 Å². The second-order valence-electron chi connectivity index (χ2n) is 8.49. The molecule has 2 aliphatic heterocycles. The van der Waals surface area contributed by atoms with E-state index in [1.54, 1.807) is 18.2 Å². The molecule has 0 spiro atoms. The van der Waals surface area contributed by atoms with E-state index in [4.69, 9.17) is 16.0 Å². The highest BCUT2D eigenvalue weighted by Crippen LogP contribution is 2.43. The third kappa shape index (κ3) is 4.44. The van der Waals surface area contributed by atoms with Crippen LogP contribution in [-0.4, -0.2) is 37.0 Å². The molecule has 33 heavy (non-hydrogen) atoms. The predicted octanol–water partition coefficient (Wildman–Crippen LogP) is 4.54. The number of nitrogens with zero attached hydrogens (tertiary/aromatic N) is 1. The minimum atomic E-state index is -2.31. The van der Waals surface area contributed by atoms with E-state index >= 15 is 0 Å². The number of hydrogen-bond acceptors (Lipinski definition) is 3. The van der Waals surface area contributed by atoms with Gasteiger partial charge in [0.2, 0.25) is 5.91 Å². The molecular weight excluding hydrogens is 476 g/mol. The van der Waals surface area contributed by atoms with E-state index in [1.165, 1.54) is 4.90 Å². The second kappa shape index (κ2) is 10.1. The summed E-state index contributed by atoms with van der Waals surface area (Å²) in [6.45, 7) is -1.27. The molecule has 1 unspecified atom stereocenters. The van der Waals surface area contributed by atoms with Crippen LogP contribution < -0.4 is 10.5 Å². The van der Waals surface area contributed by atoms with Crippen LogP contribution in [0.3, 0.4) is 0 Å². The third-order valence-electron chi connectivity index (χ3n) is 6.70. The topological polar surface area (TPSA) is 55.6 Å². The lowest BCUT2D eigenvalue weighted by Crippen LogP contribution is -2.49. The van der Waals surface area contributed by atoms with Gasteiger partial charge in [0.05, 0.1) is 6.61 Å². The number of rotatable bonds is 7. The van der Waals surface area contributed by atoms with Gasteiger partial charge in [0.1, 0.15) is 11.2 Å². The lowest BCUT2D eigenvalue weighted by atomic mass is 9.64. The normalized spacial score (nSPS) is 20.4. The fourth-order valence-electron chi connectivity index (χ4n) is 5.15. The lowest BCUT2D eigenvalue weighted by molar-refractivity contribution is -0.123. The molecule has 5 heteroatoms. The maximum atomic E-state index is 13.3. The number of likely N-dealkylation sites (tertiary alicyclic amines) is 1. The standard InChI is InChI=1S/C28H30N2O2.BrH/c29-27(31)28(23-7-3-1-4-8-23,24-9-5-2-6-10-24)25-14-17-30(20-25)16-13-21-11-12-26-22(19-21)15-18-32-26;/h1-12,19,25H,13-18,20H2,(H2,29,31);1H/i13D2,16D2;. The molecule has 2 N–H and O–H groups in total. The van der Waals surface area contributed by atoms with Gasteiger partial charge in [-0.05, 0) is 53.6 Å². The molecule has 2 aliphatic rings. The maximum absolute atomic E-state index is 13.3. The Labute approximate surface area is 212 Å². The zero-order valence-corrected chi connectivity index (χ0v) is 20.1. The molecule has 0 aliphatic carbocycles. The van der Waals surface area contributed by atoms with Gasteiger partial charge in [-0.3, -0.25) is 4.79 Å². The van der Waals surface area contributed by atoms with Crippen molar-refractivity contribution in [3.05, 3.63) is 101 Å². The highest BCUT2D eigenvalue weighted by Gasteiger charge is 2.49. The van der Waals surface area contributed by atoms with Gasteiger partial charge in [-0.25, -0.2) is 0 Å². The molecule has 2 heterocycles. The fourth-order valence-corrected chi connectivity index (χ4v) is 5.15. The molecule has 1 amide bonds. The highest BCUT2D eigenvalue weighted by molar-refractivity contribution is 8.93. The van der Waals surface area contributed by atoms with Gasteiger partial charge in [-0.2, -0.15) is 0 Å². The Kier molecular flexibility index (Phi) is 5.74. The first kappa shape index (κ1) is 18.8. The molecule has 0 radical (unpaired) electrons. The number of fused-ring (bicyclic) bond motifs is 1. The molecule has 0 bridgehead atoms. The van der Waals surface area contributed by atoms with Crippen LogP contribution in [0.25, 0.3) is 0 Å². The summed E-state index contributed by atoms with van der Waals surface area (Å²) in [4.78, 5) is 14.8. The zero-order chi connectivity index (χ0) is 25.6. The number of benzene rings is 3. The van der Waals surface area contributed by atoms with Crippen LogP contribution in [0, 0.1) is 5.92 Å². The number of primary amides is 1. The van der Waals surface area contributed by atoms with Gasteiger partial charge in [0, 0.05) is 24.9 Å². The number of amides is 1. The summed E-state index contributed by atoms with van der Waals surface area (Å²) in [7, 11) is 0. The summed E-state index contributed by atoms with van der Waals surface area (Å²) < 4.78 is 41.1. The average Bonchev–Trinajstić information content (AvgIpc) is 3.56. The molecule has 1 saturated heterocycles. The van der Waals surface area contributed by atoms with Crippen molar-refractivity contribution in [2.45, 2.75) is 24.6 Å². The van der Waals surface area contributed by atoms with Crippen molar-refractivity contribution in [3.63, 3.8) is 0 Å². The Hall–Kier alpha value is -2.63. The van der Waals surface area contributed by atoms with Gasteiger partial charge < -0.3 is 15.4 Å². The van der Waals surface area contributed by atoms with Crippen molar-refractivity contribution < 1.29 is 15.0 Å². The Morgan fingerprint density at radius 2 is 1.73 bits per heavy atom. The third-order valence-corrected chi connectivity index (χ3v) is 6.70. The first-order valence-electron chi connectivity index (χ1n) is 13.1. The Morgan fingerprint density at radius 1 is 1.06 bits per heavy atom. The first-order valence-corrected chi connectivity index (χ1v) is 11.1. The van der Waals surface area contributed by atoms with Gasteiger partial charge in [0.25, 0.3) is 0 Å². The van der Waals surface area contributed by atoms with E-state index in [0.29, 0.717) is 26.0 Å². The summed E-state index contributed by atoms with van der Waals surface area (Å²) in [5, 5.41) is 0. The van der Waals surface area contributed by atoms with Crippen LogP contribution in [0.1, 0.15) is 34.2 Å². The van der Waals surface area contributed by atoms with E-state index in [-0.39, 0.29) is 35.0 Å². The van der Waals surface area contributed by atoms with E-state index in [0.717, 1.165) is 22.4 Å². The van der Waals surface area contributed by atoms with Crippen molar-refractivity contribution >= 4 is 22.9 Å². The quantitative estimate of drug-likeness (QED) is 0.507. The Bertz CT molecular complexity index is 1220. The number of aryl methyl sites for hydroxylation is 1. The number of nitrogens with two attached hydrogens (primary N) is 1. The van der Waals surface area contributed by atoms with Crippen LogP contribution in [0.15, 0.2) is 78.9 Å². The predicted molar refractivity (Wildman–Crippen MR) is 137 cm³/mol. The average molecular weight is 511 g/mol. The van der Waals surface area contributed by atoms with Crippen molar-refractivity contribution in [3.8, 4) is 5.75 Å². The molecule has 4 nitrogen and oxygen atoms in total. The molecule has 0 saturated carbocycles. The number of carbonyl (C=O) groups is 1. The maximum Gasteiger partial charge on any atom is 0.232 e. The smallest absolute Gasteiger partial charge is 0.232 e. The summed E-state index contributed by atoms with van der Waals surface area (Å²) in [6.07, 6.45) is -1.10. The van der Waals surface area contributed by atoms with Crippen molar-refractivity contribution in [2.75, 3.05) is 26.2 Å². The molecule has 1 fully saturated rings. The Balaban J connectivity index is 0.00000320. The SMILES string of the molecule is Br.[2H]C([2H])(c1ccc2c(c1)CCO2)C([2H])([2H])N1CCC(C(C(N)=O)(c2ccccc2)c2ccccc2)C1. The molecule has 3 aromatic carbocycles. The summed E-state index contributed by atoms with van der Waals surface area (Å²) in [6, 6.07) is 23.9. The van der Waals surface area contributed by atoms with E-state index in [9.17, 15) is 4.79 Å². The van der Waals surface area contributed by atoms with Crippen LogP contribution in [-0.2, 0) is 23.0 Å². The molecule has 172 valence electrons. The van der Waals surface area contributed by atoms with Crippen LogP contribution in [0.2, 0.25) is 0 Å². The van der Waals surface area contributed by atoms with Crippen molar-refractivity contribution in [1.29, 1.82) is 0 Å². The summed E-state index contributed by atoms with van der Waals surface area (Å²) in [5.74, 6) is -0.0960. The fraction of sp³-hybridized carbons (Fsp3) is 0.321. The molecule has 5 rings (SSSR count). The molecule has 0 aromatic heterocycles. The molecular formula is C28H31BrN2O2. The minimum absolute atomic E-state index is 0. The number of halogens is 1. The number of hydrogen-bond donors (Lipinski definition) is 1. The van der Waals surface area contributed by atoms with Gasteiger partial charge in [-0.15, -0.1) is 17.0 Å².